The van der Waals surface area contributed by atoms with Gasteiger partial charge in [0, 0.05) is 17.6 Å². The highest BCUT2D eigenvalue weighted by molar-refractivity contribution is 7.92. The summed E-state index contributed by atoms with van der Waals surface area (Å²) in [5.74, 6) is -0.688. The summed E-state index contributed by atoms with van der Waals surface area (Å²) in [5.41, 5.74) is 1.97. The lowest BCUT2D eigenvalue weighted by molar-refractivity contribution is -0.140. The van der Waals surface area contributed by atoms with E-state index in [1.807, 2.05) is 26.0 Å². The lowest BCUT2D eigenvalue weighted by Crippen LogP contribution is -2.53. The first-order chi connectivity index (χ1) is 16.6. The van der Waals surface area contributed by atoms with Gasteiger partial charge in [0.2, 0.25) is 21.8 Å². The van der Waals surface area contributed by atoms with Crippen molar-refractivity contribution in [3.8, 4) is 0 Å². The molecule has 3 rings (SSSR count). The van der Waals surface area contributed by atoms with Gasteiger partial charge in [0.05, 0.1) is 11.9 Å². The van der Waals surface area contributed by atoms with Gasteiger partial charge in [-0.1, -0.05) is 61.7 Å². The lowest BCUT2D eigenvalue weighted by atomic mass is 10.1. The Morgan fingerprint density at radius 3 is 2.40 bits per heavy atom. The van der Waals surface area contributed by atoms with E-state index in [0.29, 0.717) is 22.7 Å². The molecule has 0 spiro atoms. The minimum atomic E-state index is -3.76. The van der Waals surface area contributed by atoms with Crippen LogP contribution in [-0.2, 0) is 26.2 Å². The van der Waals surface area contributed by atoms with Crippen molar-refractivity contribution in [2.24, 2.45) is 0 Å². The van der Waals surface area contributed by atoms with Crippen molar-refractivity contribution in [2.45, 2.75) is 64.6 Å². The Bertz CT molecular complexity index is 1150. The number of aryl methyl sites for hydroxylation is 1. The second-order valence-electron chi connectivity index (χ2n) is 9.14. The van der Waals surface area contributed by atoms with Gasteiger partial charge in [-0.05, 0) is 55.5 Å². The van der Waals surface area contributed by atoms with Crippen molar-refractivity contribution in [3.05, 3.63) is 64.7 Å². The smallest absolute Gasteiger partial charge is 0.244 e. The van der Waals surface area contributed by atoms with E-state index in [0.717, 1.165) is 41.8 Å². The normalized spacial score (nSPS) is 15.0. The van der Waals surface area contributed by atoms with Gasteiger partial charge in [-0.3, -0.25) is 13.9 Å². The van der Waals surface area contributed by atoms with Crippen LogP contribution in [0.25, 0.3) is 0 Å². The number of anilines is 1. The minimum Gasteiger partial charge on any atom is -0.352 e. The van der Waals surface area contributed by atoms with Gasteiger partial charge in [0.15, 0.2) is 0 Å². The van der Waals surface area contributed by atoms with E-state index in [1.165, 1.54) is 4.90 Å². The zero-order valence-electron chi connectivity index (χ0n) is 20.5. The molecule has 1 aliphatic carbocycles. The minimum absolute atomic E-state index is 0.0977. The molecule has 7 nitrogen and oxygen atoms in total. The number of carbonyl (C=O) groups excluding carboxylic acids is 2. The topological polar surface area (TPSA) is 86.8 Å². The molecule has 0 saturated heterocycles. The molecule has 1 saturated carbocycles. The van der Waals surface area contributed by atoms with Gasteiger partial charge in [0.25, 0.3) is 0 Å². The molecule has 1 aliphatic rings. The van der Waals surface area contributed by atoms with Crippen LogP contribution < -0.4 is 9.62 Å². The predicted octanol–water partition coefficient (Wildman–Crippen LogP) is 4.28. The summed E-state index contributed by atoms with van der Waals surface area (Å²) in [6.45, 7) is 3.39. The van der Waals surface area contributed by atoms with Crippen LogP contribution in [0.1, 0.15) is 50.2 Å². The Balaban J connectivity index is 1.93. The van der Waals surface area contributed by atoms with Crippen LogP contribution in [0.2, 0.25) is 5.02 Å². The molecule has 0 radical (unpaired) electrons. The molecule has 2 aromatic rings. The number of carbonyl (C=O) groups is 2. The summed E-state index contributed by atoms with van der Waals surface area (Å²) in [6, 6.07) is 13.5. The van der Waals surface area contributed by atoms with E-state index in [2.05, 4.69) is 5.32 Å². The van der Waals surface area contributed by atoms with Gasteiger partial charge >= 0.3 is 0 Å². The third-order valence-electron chi connectivity index (χ3n) is 6.35. The highest BCUT2D eigenvalue weighted by Crippen LogP contribution is 2.24. The summed E-state index contributed by atoms with van der Waals surface area (Å²) >= 11 is 6.38. The fourth-order valence-corrected chi connectivity index (χ4v) is 5.53. The molecule has 0 bridgehead atoms. The number of nitrogens with zero attached hydrogens (tertiary/aromatic N) is 2. The first-order valence-corrected chi connectivity index (χ1v) is 14.2. The lowest BCUT2D eigenvalue weighted by Gasteiger charge is -2.33. The molecule has 0 aliphatic heterocycles. The largest absolute Gasteiger partial charge is 0.352 e. The second kappa shape index (κ2) is 11.9. The zero-order chi connectivity index (χ0) is 25.6. The van der Waals surface area contributed by atoms with Crippen molar-refractivity contribution in [3.63, 3.8) is 0 Å². The average Bonchev–Trinajstić information content (AvgIpc) is 3.30. The van der Waals surface area contributed by atoms with Crippen LogP contribution in [0.4, 0.5) is 5.69 Å². The predicted molar refractivity (Wildman–Crippen MR) is 140 cm³/mol. The highest BCUT2D eigenvalue weighted by atomic mass is 35.5. The van der Waals surface area contributed by atoms with E-state index in [9.17, 15) is 18.0 Å². The number of sulfonamides is 1. The summed E-state index contributed by atoms with van der Waals surface area (Å²) < 4.78 is 26.4. The quantitative estimate of drug-likeness (QED) is 0.507. The molecule has 35 heavy (non-hydrogen) atoms. The molecule has 190 valence electrons. The van der Waals surface area contributed by atoms with Crippen LogP contribution >= 0.6 is 11.6 Å². The molecule has 2 amide bonds. The monoisotopic (exact) mass is 519 g/mol. The fraction of sp³-hybridized carbons (Fsp3) is 0.462. The molecule has 1 atom stereocenters. The number of halogens is 1. The summed E-state index contributed by atoms with van der Waals surface area (Å²) in [6.07, 6.45) is 5.46. The standard InChI is InChI=1S/C26H34ClN3O4S/c1-4-24(26(32)28-21-12-6-7-13-21)29(17-20-11-5-8-15-23(20)27)25(31)18-30(35(3,33)34)22-14-9-10-19(2)16-22/h5,8-11,14-16,21,24H,4,6-7,12-13,17-18H2,1-3H3,(H,28,32). The van der Waals surface area contributed by atoms with Gasteiger partial charge in [-0.2, -0.15) is 0 Å². The van der Waals surface area contributed by atoms with Crippen molar-refractivity contribution in [1.82, 2.24) is 10.2 Å². The summed E-state index contributed by atoms with van der Waals surface area (Å²) in [7, 11) is -3.76. The number of hydrogen-bond donors (Lipinski definition) is 1. The van der Waals surface area contributed by atoms with Crippen LogP contribution in [0.15, 0.2) is 48.5 Å². The van der Waals surface area contributed by atoms with E-state index < -0.39 is 28.5 Å². The molecule has 2 aromatic carbocycles. The third kappa shape index (κ3) is 7.21. The molecular formula is C26H34ClN3O4S. The van der Waals surface area contributed by atoms with Crippen LogP contribution in [0.3, 0.4) is 0 Å². The number of benzene rings is 2. The molecule has 9 heteroatoms. The van der Waals surface area contributed by atoms with Crippen LogP contribution in [-0.4, -0.2) is 50.0 Å². The zero-order valence-corrected chi connectivity index (χ0v) is 22.1. The molecule has 1 N–H and O–H groups in total. The average molecular weight is 520 g/mol. The first-order valence-electron chi connectivity index (χ1n) is 12.0. The molecule has 1 unspecified atom stereocenters. The number of rotatable bonds is 10. The van der Waals surface area contributed by atoms with E-state index in [1.54, 1.807) is 36.4 Å². The van der Waals surface area contributed by atoms with Crippen LogP contribution in [0, 0.1) is 6.92 Å². The van der Waals surface area contributed by atoms with Gasteiger partial charge in [0.1, 0.15) is 12.6 Å². The Morgan fingerprint density at radius 2 is 1.80 bits per heavy atom. The third-order valence-corrected chi connectivity index (χ3v) is 7.86. The number of nitrogens with one attached hydrogen (secondary N) is 1. The summed E-state index contributed by atoms with van der Waals surface area (Å²) in [4.78, 5) is 28.4. The maximum atomic E-state index is 13.7. The second-order valence-corrected chi connectivity index (χ2v) is 11.4. The maximum Gasteiger partial charge on any atom is 0.244 e. The molecule has 1 fully saturated rings. The van der Waals surface area contributed by atoms with Crippen LogP contribution in [0.5, 0.6) is 0 Å². The molecule has 0 heterocycles. The maximum absolute atomic E-state index is 13.7. The van der Waals surface area contributed by atoms with Gasteiger partial charge in [-0.25, -0.2) is 8.42 Å². The van der Waals surface area contributed by atoms with Crippen molar-refractivity contribution < 1.29 is 18.0 Å². The fourth-order valence-electron chi connectivity index (χ4n) is 4.49. The molecular weight excluding hydrogens is 486 g/mol. The Kier molecular flexibility index (Phi) is 9.19. The summed E-state index contributed by atoms with van der Waals surface area (Å²) in [5, 5.41) is 3.57. The number of amides is 2. The highest BCUT2D eigenvalue weighted by Gasteiger charge is 2.33. The van der Waals surface area contributed by atoms with E-state index >= 15 is 0 Å². The van der Waals surface area contributed by atoms with Gasteiger partial charge < -0.3 is 10.2 Å². The Hall–Kier alpha value is -2.58. The number of hydrogen-bond acceptors (Lipinski definition) is 4. The van der Waals surface area contributed by atoms with E-state index in [4.69, 9.17) is 11.6 Å². The molecule has 0 aromatic heterocycles. The van der Waals surface area contributed by atoms with Gasteiger partial charge in [-0.15, -0.1) is 0 Å². The Labute approximate surface area is 213 Å². The van der Waals surface area contributed by atoms with E-state index in [-0.39, 0.29) is 18.5 Å². The SMILES string of the molecule is CCC(C(=O)NC1CCCC1)N(Cc1ccccc1Cl)C(=O)CN(c1cccc(C)c1)S(C)(=O)=O. The first kappa shape index (κ1) is 27.0. The van der Waals surface area contributed by atoms with Crippen molar-refractivity contribution >= 4 is 39.1 Å². The van der Waals surface area contributed by atoms with Crippen molar-refractivity contribution in [2.75, 3.05) is 17.1 Å². The van der Waals surface area contributed by atoms with Crippen molar-refractivity contribution in [1.29, 1.82) is 0 Å². The Morgan fingerprint density at radius 1 is 1.11 bits per heavy atom.